The van der Waals surface area contributed by atoms with E-state index in [0.717, 1.165) is 12.8 Å². The van der Waals surface area contributed by atoms with E-state index in [2.05, 4.69) is 73.7 Å². The number of hydrogen-bond donors (Lipinski definition) is 0. The molecule has 0 aliphatic heterocycles. The van der Waals surface area contributed by atoms with Gasteiger partial charge in [-0.2, -0.15) is 0 Å². The molecule has 1 nitrogen and oxygen atoms in total. The van der Waals surface area contributed by atoms with Crippen molar-refractivity contribution >= 4 is 44.6 Å². The van der Waals surface area contributed by atoms with Crippen LogP contribution in [0.1, 0.15) is 28.8 Å². The maximum Gasteiger partial charge on any atom is 0.0572 e. The van der Waals surface area contributed by atoms with Gasteiger partial charge in [0.2, 0.25) is 0 Å². The normalized spacial score (nSPS) is 13.7. The van der Waals surface area contributed by atoms with Crippen molar-refractivity contribution < 1.29 is 0 Å². The summed E-state index contributed by atoms with van der Waals surface area (Å²) in [6.07, 6.45) is 8.87. The lowest BCUT2D eigenvalue weighted by Crippen LogP contribution is -1.99. The second kappa shape index (κ2) is 5.10. The Labute approximate surface area is 147 Å². The van der Waals surface area contributed by atoms with Crippen LogP contribution in [-0.4, -0.2) is 4.57 Å². The lowest BCUT2D eigenvalue weighted by Gasteiger charge is -2.13. The van der Waals surface area contributed by atoms with Crippen LogP contribution in [0.2, 0.25) is 0 Å². The van der Waals surface area contributed by atoms with E-state index in [9.17, 15) is 0 Å². The van der Waals surface area contributed by atoms with Crippen LogP contribution in [0.5, 0.6) is 0 Å². The minimum absolute atomic E-state index is 1.12. The highest BCUT2D eigenvalue weighted by atomic mass is 15.0. The first kappa shape index (κ1) is 14.5. The maximum atomic E-state index is 4.07. The van der Waals surface area contributed by atoms with E-state index >= 15 is 0 Å². The van der Waals surface area contributed by atoms with Gasteiger partial charge in [0.15, 0.2) is 0 Å². The van der Waals surface area contributed by atoms with Crippen LogP contribution < -0.4 is 0 Å². The van der Waals surface area contributed by atoms with Gasteiger partial charge in [-0.15, -0.1) is 0 Å². The molecule has 0 spiro atoms. The van der Waals surface area contributed by atoms with Crippen molar-refractivity contribution in [2.75, 3.05) is 0 Å². The Morgan fingerprint density at radius 2 is 1.80 bits per heavy atom. The predicted molar refractivity (Wildman–Crippen MR) is 110 cm³/mol. The Morgan fingerprint density at radius 3 is 2.64 bits per heavy atom. The molecule has 0 unspecified atom stereocenters. The summed E-state index contributed by atoms with van der Waals surface area (Å²) in [7, 11) is 2.23. The molecule has 1 aromatic heterocycles. The molecule has 4 aromatic rings. The highest BCUT2D eigenvalue weighted by Crippen LogP contribution is 2.43. The first-order valence-electron chi connectivity index (χ1n) is 8.96. The fourth-order valence-corrected chi connectivity index (χ4v) is 4.67. The number of allylic oxidation sites excluding steroid dienone is 1. The van der Waals surface area contributed by atoms with E-state index in [-0.39, 0.29) is 0 Å². The van der Waals surface area contributed by atoms with E-state index in [4.69, 9.17) is 0 Å². The van der Waals surface area contributed by atoms with Gasteiger partial charge in [0, 0.05) is 29.1 Å². The number of aryl methyl sites for hydroxylation is 2. The van der Waals surface area contributed by atoms with E-state index in [0.29, 0.717) is 0 Å². The van der Waals surface area contributed by atoms with Crippen molar-refractivity contribution in [1.82, 2.24) is 4.57 Å². The van der Waals surface area contributed by atoms with Gasteiger partial charge in [-0.25, -0.2) is 0 Å². The van der Waals surface area contributed by atoms with Gasteiger partial charge in [0.25, 0.3) is 0 Å². The third kappa shape index (κ3) is 1.78. The summed E-state index contributed by atoms with van der Waals surface area (Å²) in [4.78, 5) is 0. The Hall–Kier alpha value is -2.80. The SMILES string of the molecule is C=Cc1cccc2c1c1c(C)cccc1c1c2c2c(n1C)CCC=C2. The Bertz CT molecular complexity index is 1220. The molecule has 1 aliphatic carbocycles. The molecule has 3 aromatic carbocycles. The van der Waals surface area contributed by atoms with Crippen LogP contribution in [0, 0.1) is 6.92 Å². The largest absolute Gasteiger partial charge is 0.347 e. The molecular formula is C24H21N. The standard InChI is InChI=1S/C24H21N/c1-4-16-10-8-12-18-22(16)21-15(2)9-7-13-19(21)24-23(18)17-11-5-6-14-20(17)25(24)3/h4-5,7-13H,1,6,14H2,2-3H3. The molecule has 0 radical (unpaired) electrons. The number of fused-ring (bicyclic) bond motifs is 8. The van der Waals surface area contributed by atoms with E-state index < -0.39 is 0 Å². The lowest BCUT2D eigenvalue weighted by atomic mass is 9.90. The van der Waals surface area contributed by atoms with E-state index in [1.165, 1.54) is 54.8 Å². The molecule has 0 N–H and O–H groups in total. The van der Waals surface area contributed by atoms with Gasteiger partial charge >= 0.3 is 0 Å². The molecule has 1 aliphatic rings. The van der Waals surface area contributed by atoms with Crippen molar-refractivity contribution in [2.24, 2.45) is 7.05 Å². The zero-order valence-electron chi connectivity index (χ0n) is 14.8. The van der Waals surface area contributed by atoms with Crippen molar-refractivity contribution in [1.29, 1.82) is 0 Å². The maximum absolute atomic E-state index is 4.07. The molecule has 25 heavy (non-hydrogen) atoms. The molecule has 0 amide bonds. The van der Waals surface area contributed by atoms with Crippen LogP contribution in [0.25, 0.3) is 44.6 Å². The summed E-state index contributed by atoms with van der Waals surface area (Å²) in [5.41, 5.74) is 6.77. The van der Waals surface area contributed by atoms with Crippen molar-refractivity contribution in [3.8, 4) is 0 Å². The fourth-order valence-electron chi connectivity index (χ4n) is 4.67. The summed E-state index contributed by atoms with van der Waals surface area (Å²) in [6, 6.07) is 13.3. The van der Waals surface area contributed by atoms with Crippen LogP contribution in [0.3, 0.4) is 0 Å². The van der Waals surface area contributed by atoms with Gasteiger partial charge in [0.1, 0.15) is 0 Å². The van der Waals surface area contributed by atoms with Gasteiger partial charge in [-0.1, -0.05) is 61.2 Å². The quantitative estimate of drug-likeness (QED) is 0.357. The first-order chi connectivity index (χ1) is 12.2. The number of hydrogen-bond acceptors (Lipinski definition) is 0. The van der Waals surface area contributed by atoms with E-state index in [1.807, 2.05) is 6.08 Å². The second-order valence-electron chi connectivity index (χ2n) is 7.06. The zero-order valence-corrected chi connectivity index (χ0v) is 14.8. The second-order valence-corrected chi connectivity index (χ2v) is 7.06. The van der Waals surface area contributed by atoms with Gasteiger partial charge in [-0.3, -0.25) is 0 Å². The van der Waals surface area contributed by atoms with Crippen LogP contribution >= 0.6 is 0 Å². The average molecular weight is 323 g/mol. The molecule has 0 saturated heterocycles. The molecule has 0 saturated carbocycles. The number of nitrogens with zero attached hydrogens (tertiary/aromatic N) is 1. The smallest absolute Gasteiger partial charge is 0.0572 e. The first-order valence-corrected chi connectivity index (χ1v) is 8.96. The van der Waals surface area contributed by atoms with E-state index in [1.54, 1.807) is 0 Å². The van der Waals surface area contributed by atoms with Crippen LogP contribution in [-0.2, 0) is 13.5 Å². The third-order valence-electron chi connectivity index (χ3n) is 5.75. The molecule has 1 heterocycles. The monoisotopic (exact) mass is 323 g/mol. The van der Waals surface area contributed by atoms with Gasteiger partial charge in [-0.05, 0) is 47.1 Å². The molecule has 0 atom stereocenters. The number of benzene rings is 3. The molecule has 122 valence electrons. The molecule has 0 bridgehead atoms. The predicted octanol–water partition coefficient (Wildman–Crippen LogP) is 6.40. The Kier molecular flexibility index (Phi) is 2.96. The Morgan fingerprint density at radius 1 is 1.00 bits per heavy atom. The number of rotatable bonds is 1. The minimum atomic E-state index is 1.12. The van der Waals surface area contributed by atoms with Gasteiger partial charge in [0.05, 0.1) is 5.52 Å². The molecule has 0 fully saturated rings. The zero-order chi connectivity index (χ0) is 17.1. The fraction of sp³-hybridized carbons (Fsp3) is 0.167. The number of aromatic nitrogens is 1. The van der Waals surface area contributed by atoms with Crippen molar-refractivity contribution in [2.45, 2.75) is 19.8 Å². The third-order valence-corrected chi connectivity index (χ3v) is 5.75. The highest BCUT2D eigenvalue weighted by Gasteiger charge is 2.21. The van der Waals surface area contributed by atoms with Gasteiger partial charge < -0.3 is 4.57 Å². The van der Waals surface area contributed by atoms with Crippen LogP contribution in [0.4, 0.5) is 0 Å². The Balaban J connectivity index is 2.22. The topological polar surface area (TPSA) is 4.93 Å². The summed E-state index contributed by atoms with van der Waals surface area (Å²) >= 11 is 0. The highest BCUT2D eigenvalue weighted by molar-refractivity contribution is 6.28. The molecule has 5 rings (SSSR count). The summed E-state index contributed by atoms with van der Waals surface area (Å²) in [6.45, 7) is 6.29. The average Bonchev–Trinajstić information content (AvgIpc) is 2.95. The summed E-state index contributed by atoms with van der Waals surface area (Å²) < 4.78 is 2.43. The lowest BCUT2D eigenvalue weighted by molar-refractivity contribution is 0.826. The molecular weight excluding hydrogens is 302 g/mol. The summed E-state index contributed by atoms with van der Waals surface area (Å²) in [5.74, 6) is 0. The summed E-state index contributed by atoms with van der Waals surface area (Å²) in [5, 5.41) is 6.79. The van der Waals surface area contributed by atoms with Crippen molar-refractivity contribution in [3.05, 3.63) is 71.4 Å². The van der Waals surface area contributed by atoms with Crippen LogP contribution in [0.15, 0.2) is 49.1 Å². The minimum Gasteiger partial charge on any atom is -0.347 e. The molecule has 1 heteroatoms. The van der Waals surface area contributed by atoms with Crippen molar-refractivity contribution in [3.63, 3.8) is 0 Å².